The molecule has 27 heavy (non-hydrogen) atoms. The van der Waals surface area contributed by atoms with E-state index in [-0.39, 0.29) is 5.78 Å². The lowest BCUT2D eigenvalue weighted by molar-refractivity contribution is 0.0941. The van der Waals surface area contributed by atoms with Crippen molar-refractivity contribution in [3.8, 4) is 11.1 Å². The molecule has 9 heteroatoms. The van der Waals surface area contributed by atoms with Crippen LogP contribution in [0.5, 0.6) is 0 Å². The van der Waals surface area contributed by atoms with Crippen LogP contribution >= 0.6 is 23.2 Å². The predicted molar refractivity (Wildman–Crippen MR) is 101 cm³/mol. The number of aromatic nitrogens is 6. The van der Waals surface area contributed by atoms with E-state index in [0.29, 0.717) is 21.4 Å². The van der Waals surface area contributed by atoms with Gasteiger partial charge in [0.25, 0.3) is 0 Å². The second-order valence-electron chi connectivity index (χ2n) is 5.75. The Kier molecular flexibility index (Phi) is 4.70. The summed E-state index contributed by atoms with van der Waals surface area (Å²) in [4.78, 5) is 17.3. The first-order valence-electron chi connectivity index (χ1n) is 7.92. The van der Waals surface area contributed by atoms with Gasteiger partial charge in [-0.1, -0.05) is 47.5 Å². The molecule has 0 bridgehead atoms. The van der Waals surface area contributed by atoms with Crippen LogP contribution in [0.15, 0.2) is 61.4 Å². The Bertz CT molecular complexity index is 1030. The van der Waals surface area contributed by atoms with Gasteiger partial charge >= 0.3 is 0 Å². The van der Waals surface area contributed by atoms with E-state index in [1.807, 2.05) is 18.2 Å². The number of halogens is 2. The van der Waals surface area contributed by atoms with Crippen molar-refractivity contribution in [1.82, 2.24) is 29.9 Å². The van der Waals surface area contributed by atoms with Gasteiger partial charge in [-0.05, 0) is 23.8 Å². The van der Waals surface area contributed by atoms with Crippen LogP contribution in [0.1, 0.15) is 22.2 Å². The van der Waals surface area contributed by atoms with Gasteiger partial charge in [-0.3, -0.25) is 9.89 Å². The molecular weight excluding hydrogens is 387 g/mol. The third-order valence-electron chi connectivity index (χ3n) is 4.08. The number of carbonyl (C=O) groups is 1. The standard InChI is InChI=1S/C18H12Cl2N6O/c19-13-4-1-11(2-5-13)14-6-3-12(7-15(14)20)17(27)16(18-21-8-22-25-18)26-9-23-24-10-26/h1-10,16H,(H,21,22,25). The number of benzene rings is 2. The fraction of sp³-hybridized carbons (Fsp3) is 0.0556. The molecule has 4 aromatic rings. The van der Waals surface area contributed by atoms with E-state index >= 15 is 0 Å². The average Bonchev–Trinajstić information content (AvgIpc) is 3.37. The molecule has 2 aromatic heterocycles. The number of H-pyrrole nitrogens is 1. The minimum absolute atomic E-state index is 0.212. The number of carbonyl (C=O) groups excluding carboxylic acids is 1. The van der Waals surface area contributed by atoms with Gasteiger partial charge in [0.2, 0.25) is 0 Å². The smallest absolute Gasteiger partial charge is 0.193 e. The number of nitrogens with zero attached hydrogens (tertiary/aromatic N) is 5. The van der Waals surface area contributed by atoms with Crippen molar-refractivity contribution in [1.29, 1.82) is 0 Å². The summed E-state index contributed by atoms with van der Waals surface area (Å²) in [6.07, 6.45) is 4.25. The van der Waals surface area contributed by atoms with E-state index in [1.54, 1.807) is 28.8 Å². The fourth-order valence-corrected chi connectivity index (χ4v) is 3.19. The Morgan fingerprint density at radius 1 is 1.04 bits per heavy atom. The van der Waals surface area contributed by atoms with Crippen molar-refractivity contribution in [3.05, 3.63) is 82.9 Å². The van der Waals surface area contributed by atoms with E-state index in [1.165, 1.54) is 19.0 Å². The van der Waals surface area contributed by atoms with E-state index in [2.05, 4.69) is 25.4 Å². The van der Waals surface area contributed by atoms with Crippen LogP contribution in [0.25, 0.3) is 11.1 Å². The van der Waals surface area contributed by atoms with Crippen molar-refractivity contribution < 1.29 is 4.79 Å². The van der Waals surface area contributed by atoms with Gasteiger partial charge in [0.15, 0.2) is 17.6 Å². The molecular formula is C18H12Cl2N6O. The first kappa shape index (κ1) is 17.4. The van der Waals surface area contributed by atoms with Crippen LogP contribution in [0.3, 0.4) is 0 Å². The fourth-order valence-electron chi connectivity index (χ4n) is 2.78. The van der Waals surface area contributed by atoms with Crippen LogP contribution in [-0.4, -0.2) is 35.7 Å². The highest BCUT2D eigenvalue weighted by atomic mass is 35.5. The Morgan fingerprint density at radius 3 is 2.41 bits per heavy atom. The number of ketones is 1. The first-order valence-corrected chi connectivity index (χ1v) is 8.68. The molecule has 4 rings (SSSR count). The summed E-state index contributed by atoms with van der Waals surface area (Å²) in [7, 11) is 0. The molecule has 0 amide bonds. The molecule has 1 atom stereocenters. The van der Waals surface area contributed by atoms with Crippen molar-refractivity contribution in [3.63, 3.8) is 0 Å². The lowest BCUT2D eigenvalue weighted by Gasteiger charge is -2.15. The second kappa shape index (κ2) is 7.30. The van der Waals surface area contributed by atoms with Crippen LogP contribution in [0, 0.1) is 0 Å². The van der Waals surface area contributed by atoms with Gasteiger partial charge in [0, 0.05) is 21.2 Å². The van der Waals surface area contributed by atoms with Gasteiger partial charge in [-0.25, -0.2) is 4.98 Å². The van der Waals surface area contributed by atoms with Crippen molar-refractivity contribution in [2.75, 3.05) is 0 Å². The summed E-state index contributed by atoms with van der Waals surface area (Å²) in [5.74, 6) is 0.175. The predicted octanol–water partition coefficient (Wildman–Crippen LogP) is 3.84. The maximum Gasteiger partial charge on any atom is 0.193 e. The summed E-state index contributed by atoms with van der Waals surface area (Å²) in [6.45, 7) is 0. The number of aromatic amines is 1. The molecule has 1 N–H and O–H groups in total. The average molecular weight is 399 g/mol. The van der Waals surface area contributed by atoms with Gasteiger partial charge < -0.3 is 4.57 Å². The van der Waals surface area contributed by atoms with E-state index in [4.69, 9.17) is 23.2 Å². The van der Waals surface area contributed by atoms with Crippen molar-refractivity contribution >= 4 is 29.0 Å². The largest absolute Gasteiger partial charge is 0.302 e. The lowest BCUT2D eigenvalue weighted by atomic mass is 9.99. The zero-order valence-electron chi connectivity index (χ0n) is 13.8. The molecule has 0 aliphatic carbocycles. The lowest BCUT2D eigenvalue weighted by Crippen LogP contribution is -2.21. The number of hydrogen-bond acceptors (Lipinski definition) is 5. The van der Waals surface area contributed by atoms with Gasteiger partial charge in [0.05, 0.1) is 0 Å². The topological polar surface area (TPSA) is 89.4 Å². The summed E-state index contributed by atoms with van der Waals surface area (Å²) in [5, 5.41) is 15.2. The molecule has 0 spiro atoms. The number of hydrogen-bond donors (Lipinski definition) is 1. The summed E-state index contributed by atoms with van der Waals surface area (Å²) >= 11 is 12.4. The quantitative estimate of drug-likeness (QED) is 0.515. The summed E-state index contributed by atoms with van der Waals surface area (Å²) in [6, 6.07) is 11.7. The van der Waals surface area contributed by atoms with Crippen LogP contribution < -0.4 is 0 Å². The van der Waals surface area contributed by atoms with Crippen LogP contribution in [0.2, 0.25) is 10.0 Å². The molecule has 0 radical (unpaired) electrons. The Hall–Kier alpha value is -3.03. The minimum atomic E-state index is -0.764. The maximum absolute atomic E-state index is 13.1. The second-order valence-corrected chi connectivity index (χ2v) is 6.59. The van der Waals surface area contributed by atoms with Gasteiger partial charge in [-0.2, -0.15) is 5.10 Å². The van der Waals surface area contributed by atoms with E-state index < -0.39 is 6.04 Å². The third kappa shape index (κ3) is 3.47. The normalized spacial score (nSPS) is 12.1. The minimum Gasteiger partial charge on any atom is -0.302 e. The zero-order chi connectivity index (χ0) is 18.8. The molecule has 0 saturated heterocycles. The first-order chi connectivity index (χ1) is 13.1. The number of rotatable bonds is 5. The molecule has 0 fully saturated rings. The SMILES string of the molecule is O=C(c1ccc(-c2ccc(Cl)cc2)c(Cl)c1)C(c1ncn[nH]1)n1cnnc1. The van der Waals surface area contributed by atoms with Crippen LogP contribution in [0.4, 0.5) is 0 Å². The molecule has 7 nitrogen and oxygen atoms in total. The molecule has 0 aliphatic heterocycles. The Labute approximate surface area is 164 Å². The molecule has 2 aromatic carbocycles. The Balaban J connectivity index is 1.71. The van der Waals surface area contributed by atoms with Gasteiger partial charge in [0.1, 0.15) is 19.0 Å². The van der Waals surface area contributed by atoms with Crippen molar-refractivity contribution in [2.24, 2.45) is 0 Å². The van der Waals surface area contributed by atoms with Gasteiger partial charge in [-0.15, -0.1) is 10.2 Å². The third-order valence-corrected chi connectivity index (χ3v) is 4.65. The molecule has 1 unspecified atom stereocenters. The number of nitrogens with one attached hydrogen (secondary N) is 1. The molecule has 0 saturated carbocycles. The van der Waals surface area contributed by atoms with E-state index in [9.17, 15) is 4.79 Å². The highest BCUT2D eigenvalue weighted by Gasteiger charge is 2.27. The molecule has 134 valence electrons. The van der Waals surface area contributed by atoms with Crippen molar-refractivity contribution in [2.45, 2.75) is 6.04 Å². The monoisotopic (exact) mass is 398 g/mol. The van der Waals surface area contributed by atoms with Crippen LogP contribution in [-0.2, 0) is 0 Å². The molecule has 2 heterocycles. The summed E-state index contributed by atoms with van der Waals surface area (Å²) < 4.78 is 1.56. The number of Topliss-reactive ketones (excluding diaryl/α,β-unsaturated/α-hetero) is 1. The highest BCUT2D eigenvalue weighted by molar-refractivity contribution is 6.34. The highest BCUT2D eigenvalue weighted by Crippen LogP contribution is 2.31. The Morgan fingerprint density at radius 2 is 1.78 bits per heavy atom. The van der Waals surface area contributed by atoms with E-state index in [0.717, 1.165) is 11.1 Å². The zero-order valence-corrected chi connectivity index (χ0v) is 15.3. The maximum atomic E-state index is 13.1. The summed E-state index contributed by atoms with van der Waals surface area (Å²) in [5.41, 5.74) is 2.16. The molecule has 0 aliphatic rings.